The first kappa shape index (κ1) is 11.5. The minimum absolute atomic E-state index is 0.304. The summed E-state index contributed by atoms with van der Waals surface area (Å²) in [5.41, 5.74) is 0. The molecule has 0 aliphatic rings. The molecule has 6 heteroatoms. The maximum Gasteiger partial charge on any atom is 0.429 e. The maximum atomic E-state index is 10.7. The molecule has 0 aliphatic carbocycles. The molecule has 0 atom stereocenters. The van der Waals surface area contributed by atoms with Gasteiger partial charge in [0.05, 0.1) is 12.7 Å². The average Bonchev–Trinajstić information content (AvgIpc) is 2.03. The van der Waals surface area contributed by atoms with E-state index in [9.17, 15) is 4.79 Å². The van der Waals surface area contributed by atoms with Gasteiger partial charge in [0.15, 0.2) is 0 Å². The lowest BCUT2D eigenvalue weighted by Gasteiger charge is -2.07. The molecule has 0 radical (unpaired) electrons. The number of unbranched alkanes of at least 4 members (excludes halogenated alkanes) is 2. The second-order valence-electron chi connectivity index (χ2n) is 2.02. The van der Waals surface area contributed by atoms with Crippen molar-refractivity contribution in [2.75, 3.05) is 6.61 Å². The standard InChI is InChI=1S/C6H10N2O2S2/c7-4-2-1-3-5-10-6(9)8(11)12/h11-12H,1-3,5H2. The number of hydrogen-bond acceptors (Lipinski definition) is 5. The van der Waals surface area contributed by atoms with Crippen LogP contribution in [-0.4, -0.2) is 16.4 Å². The largest absolute Gasteiger partial charge is 0.448 e. The molecule has 0 heterocycles. The molecule has 0 N–H and O–H groups in total. The van der Waals surface area contributed by atoms with E-state index in [1.165, 1.54) is 0 Å². The maximum absolute atomic E-state index is 10.7. The number of ether oxygens (including phenoxy) is 1. The summed E-state index contributed by atoms with van der Waals surface area (Å²) in [4.78, 5) is 10.7. The van der Waals surface area contributed by atoms with Gasteiger partial charge in [-0.2, -0.15) is 8.97 Å². The van der Waals surface area contributed by atoms with Crippen molar-refractivity contribution in [1.82, 2.24) is 3.71 Å². The van der Waals surface area contributed by atoms with Crippen molar-refractivity contribution in [2.45, 2.75) is 19.3 Å². The van der Waals surface area contributed by atoms with Crippen molar-refractivity contribution in [3.63, 3.8) is 0 Å². The molecular weight excluding hydrogens is 196 g/mol. The van der Waals surface area contributed by atoms with E-state index in [1.54, 1.807) is 0 Å². The molecule has 0 rings (SSSR count). The molecule has 0 saturated carbocycles. The summed E-state index contributed by atoms with van der Waals surface area (Å²) in [6, 6.07) is 2.00. The number of carbonyl (C=O) groups is 1. The Labute approximate surface area is 82.6 Å². The predicted molar refractivity (Wildman–Crippen MR) is 50.6 cm³/mol. The number of carbonyl (C=O) groups excluding carboxylic acids is 1. The first-order valence-electron chi connectivity index (χ1n) is 3.40. The topological polar surface area (TPSA) is 53.3 Å². The fraction of sp³-hybridized carbons (Fsp3) is 0.667. The molecule has 0 unspecified atom stereocenters. The highest BCUT2D eigenvalue weighted by molar-refractivity contribution is 7.94. The minimum Gasteiger partial charge on any atom is -0.448 e. The Hall–Kier alpha value is -0.540. The van der Waals surface area contributed by atoms with E-state index in [0.29, 0.717) is 19.4 Å². The molecule has 0 saturated heterocycles. The van der Waals surface area contributed by atoms with Crippen LogP contribution in [0.2, 0.25) is 0 Å². The van der Waals surface area contributed by atoms with E-state index in [-0.39, 0.29) is 0 Å². The Balaban J connectivity index is 3.21. The first-order chi connectivity index (χ1) is 5.68. The molecule has 0 aromatic heterocycles. The molecular formula is C6H10N2O2S2. The summed E-state index contributed by atoms with van der Waals surface area (Å²) >= 11 is 7.21. The van der Waals surface area contributed by atoms with E-state index in [2.05, 4.69) is 30.4 Å². The smallest absolute Gasteiger partial charge is 0.429 e. The van der Waals surface area contributed by atoms with E-state index in [0.717, 1.165) is 10.1 Å². The van der Waals surface area contributed by atoms with Crippen LogP contribution in [0.25, 0.3) is 0 Å². The first-order valence-corrected chi connectivity index (χ1v) is 4.20. The quantitative estimate of drug-likeness (QED) is 0.545. The fourth-order valence-electron chi connectivity index (χ4n) is 0.523. The van der Waals surface area contributed by atoms with Crippen molar-refractivity contribution in [3.05, 3.63) is 0 Å². The SMILES string of the molecule is N#CCCCCOC(=O)N(S)S. The highest BCUT2D eigenvalue weighted by Gasteiger charge is 2.04. The Morgan fingerprint density at radius 2 is 2.17 bits per heavy atom. The summed E-state index contributed by atoms with van der Waals surface area (Å²) in [7, 11) is 0. The molecule has 0 bridgehead atoms. The number of rotatable bonds is 4. The van der Waals surface area contributed by atoms with E-state index < -0.39 is 6.09 Å². The monoisotopic (exact) mass is 206 g/mol. The van der Waals surface area contributed by atoms with Gasteiger partial charge in [0.2, 0.25) is 0 Å². The molecule has 4 nitrogen and oxygen atoms in total. The molecule has 0 spiro atoms. The molecule has 68 valence electrons. The zero-order chi connectivity index (χ0) is 9.40. The van der Waals surface area contributed by atoms with Gasteiger partial charge in [-0.05, 0) is 38.5 Å². The van der Waals surface area contributed by atoms with Crippen LogP contribution in [0.3, 0.4) is 0 Å². The second-order valence-corrected chi connectivity index (χ2v) is 3.13. The zero-order valence-electron chi connectivity index (χ0n) is 6.43. The lowest BCUT2D eigenvalue weighted by atomic mass is 10.3. The van der Waals surface area contributed by atoms with Gasteiger partial charge in [-0.25, -0.2) is 4.79 Å². The van der Waals surface area contributed by atoms with Crippen molar-refractivity contribution < 1.29 is 9.53 Å². The van der Waals surface area contributed by atoms with Crippen LogP contribution in [0.15, 0.2) is 0 Å². The molecule has 0 aliphatic heterocycles. The third-order valence-corrected chi connectivity index (χ3v) is 1.40. The Morgan fingerprint density at radius 1 is 1.50 bits per heavy atom. The van der Waals surface area contributed by atoms with Crippen LogP contribution < -0.4 is 0 Å². The second kappa shape index (κ2) is 7.13. The van der Waals surface area contributed by atoms with Crippen LogP contribution in [0, 0.1) is 11.3 Å². The fourth-order valence-corrected chi connectivity index (χ4v) is 0.639. The Morgan fingerprint density at radius 3 is 2.67 bits per heavy atom. The average molecular weight is 206 g/mol. The lowest BCUT2D eigenvalue weighted by molar-refractivity contribution is 0.141. The van der Waals surface area contributed by atoms with Crippen LogP contribution in [0.5, 0.6) is 0 Å². The minimum atomic E-state index is -0.598. The molecule has 12 heavy (non-hydrogen) atoms. The molecule has 1 amide bonds. The molecule has 0 aromatic rings. The lowest BCUT2D eigenvalue weighted by Crippen LogP contribution is -2.13. The van der Waals surface area contributed by atoms with Gasteiger partial charge < -0.3 is 4.74 Å². The van der Waals surface area contributed by atoms with Gasteiger partial charge in [-0.3, -0.25) is 0 Å². The molecule has 0 fully saturated rings. The molecule has 0 aromatic carbocycles. The Kier molecular flexibility index (Phi) is 6.81. The number of thiol groups is 2. The van der Waals surface area contributed by atoms with E-state index in [4.69, 9.17) is 5.26 Å². The highest BCUT2D eigenvalue weighted by Crippen LogP contribution is 2.02. The van der Waals surface area contributed by atoms with E-state index in [1.807, 2.05) is 6.07 Å². The summed E-state index contributed by atoms with van der Waals surface area (Å²) in [6.07, 6.45) is 1.32. The van der Waals surface area contributed by atoms with Crippen molar-refractivity contribution in [1.29, 1.82) is 5.26 Å². The van der Waals surface area contributed by atoms with Gasteiger partial charge in [0.1, 0.15) is 0 Å². The number of nitriles is 1. The van der Waals surface area contributed by atoms with Crippen molar-refractivity contribution in [2.24, 2.45) is 0 Å². The summed E-state index contributed by atoms with van der Waals surface area (Å²) < 4.78 is 5.44. The van der Waals surface area contributed by atoms with Gasteiger partial charge in [0, 0.05) is 6.42 Å². The Bertz CT molecular complexity index is 179. The van der Waals surface area contributed by atoms with Crippen LogP contribution >= 0.6 is 25.6 Å². The van der Waals surface area contributed by atoms with E-state index >= 15 is 0 Å². The summed E-state index contributed by atoms with van der Waals surface area (Å²) in [6.45, 7) is 0.304. The van der Waals surface area contributed by atoms with Gasteiger partial charge >= 0.3 is 6.09 Å². The normalized spacial score (nSPS) is 8.75. The third-order valence-electron chi connectivity index (χ3n) is 1.07. The van der Waals surface area contributed by atoms with Crippen LogP contribution in [-0.2, 0) is 4.74 Å². The summed E-state index contributed by atoms with van der Waals surface area (Å²) in [5, 5.41) is 8.17. The van der Waals surface area contributed by atoms with Crippen LogP contribution in [0.4, 0.5) is 4.79 Å². The van der Waals surface area contributed by atoms with Gasteiger partial charge in [-0.1, -0.05) is 0 Å². The predicted octanol–water partition coefficient (Wildman–Crippen LogP) is 1.81. The number of nitrogens with zero attached hydrogens (tertiary/aromatic N) is 2. The van der Waals surface area contributed by atoms with Gasteiger partial charge in [-0.15, -0.1) is 0 Å². The van der Waals surface area contributed by atoms with Crippen molar-refractivity contribution in [3.8, 4) is 6.07 Å². The highest BCUT2D eigenvalue weighted by atomic mass is 32.2. The number of amides is 1. The van der Waals surface area contributed by atoms with Crippen molar-refractivity contribution >= 4 is 31.7 Å². The number of hydrogen-bond donors (Lipinski definition) is 2. The summed E-state index contributed by atoms with van der Waals surface area (Å²) in [5.74, 6) is 0. The third kappa shape index (κ3) is 6.19. The zero-order valence-corrected chi connectivity index (χ0v) is 8.22. The van der Waals surface area contributed by atoms with Gasteiger partial charge in [0.25, 0.3) is 0 Å². The van der Waals surface area contributed by atoms with Crippen LogP contribution in [0.1, 0.15) is 19.3 Å².